The molecule has 4 heterocycles. The van der Waals surface area contributed by atoms with Gasteiger partial charge in [0.1, 0.15) is 10.4 Å². The molecular formula is C31H34F2N6O3S. The average molecular weight is 609 g/mol. The number of pyridine rings is 2. The van der Waals surface area contributed by atoms with Crippen molar-refractivity contribution < 1.29 is 21.9 Å². The first-order valence-electron chi connectivity index (χ1n) is 14.3. The zero-order valence-corrected chi connectivity index (χ0v) is 25.6. The molecule has 1 aliphatic carbocycles. The van der Waals surface area contributed by atoms with Crippen LogP contribution in [0.4, 0.5) is 8.78 Å². The molecule has 0 saturated heterocycles. The van der Waals surface area contributed by atoms with Crippen LogP contribution >= 0.6 is 0 Å². The number of aromatic nitrogens is 6. The van der Waals surface area contributed by atoms with Gasteiger partial charge in [-0.2, -0.15) is 0 Å². The number of hydrogen-bond donors (Lipinski definition) is 0. The van der Waals surface area contributed by atoms with Crippen LogP contribution in [0.5, 0.6) is 5.88 Å². The van der Waals surface area contributed by atoms with Crippen molar-refractivity contribution in [2.24, 2.45) is 13.0 Å². The van der Waals surface area contributed by atoms with Gasteiger partial charge in [0.25, 0.3) is 0 Å². The molecule has 1 saturated carbocycles. The quantitative estimate of drug-likeness (QED) is 0.214. The summed E-state index contributed by atoms with van der Waals surface area (Å²) in [6.45, 7) is 5.60. The zero-order chi connectivity index (χ0) is 30.7. The number of alkyl halides is 2. The fourth-order valence-corrected chi connectivity index (χ4v) is 7.18. The van der Waals surface area contributed by atoms with Gasteiger partial charge in [-0.1, -0.05) is 35.5 Å². The van der Waals surface area contributed by atoms with Gasteiger partial charge in [-0.25, -0.2) is 26.9 Å². The molecule has 0 amide bonds. The third-order valence-electron chi connectivity index (χ3n) is 8.23. The van der Waals surface area contributed by atoms with Gasteiger partial charge >= 0.3 is 0 Å². The lowest BCUT2D eigenvalue weighted by Crippen LogP contribution is -2.30. The SMILES string of the molecule is Cc1nnn(C)c1-c1cnc2c3c(OC(C)C)ncc(S(C)(=O)=O)c3n(C(c3ccccc3)C3CCC(F)(F)CC3)c2c1. The number of hydrogen-bond acceptors (Lipinski definition) is 7. The molecule has 9 nitrogen and oxygen atoms in total. The predicted molar refractivity (Wildman–Crippen MR) is 160 cm³/mol. The molecule has 1 aliphatic rings. The Labute approximate surface area is 248 Å². The van der Waals surface area contributed by atoms with Crippen molar-refractivity contribution in [3.05, 3.63) is 60.0 Å². The van der Waals surface area contributed by atoms with Crippen LogP contribution in [-0.4, -0.2) is 56.2 Å². The first-order valence-corrected chi connectivity index (χ1v) is 16.2. The molecular weight excluding hydrogens is 574 g/mol. The second-order valence-corrected chi connectivity index (χ2v) is 13.7. The lowest BCUT2D eigenvalue weighted by Gasteiger charge is -2.36. The Morgan fingerprint density at radius 3 is 2.37 bits per heavy atom. The van der Waals surface area contributed by atoms with Crippen LogP contribution in [0.1, 0.15) is 56.8 Å². The van der Waals surface area contributed by atoms with Gasteiger partial charge in [0.05, 0.1) is 46.2 Å². The molecule has 0 N–H and O–H groups in total. The van der Waals surface area contributed by atoms with Crippen molar-refractivity contribution in [3.8, 4) is 17.1 Å². The van der Waals surface area contributed by atoms with Crippen molar-refractivity contribution in [2.75, 3.05) is 6.26 Å². The highest BCUT2D eigenvalue weighted by atomic mass is 32.2. The topological polar surface area (TPSA) is 105 Å². The van der Waals surface area contributed by atoms with Crippen LogP contribution in [0.15, 0.2) is 53.7 Å². The van der Waals surface area contributed by atoms with Gasteiger partial charge in [0.2, 0.25) is 11.8 Å². The van der Waals surface area contributed by atoms with Crippen LogP contribution in [0, 0.1) is 12.8 Å². The third-order valence-corrected chi connectivity index (χ3v) is 9.33. The number of sulfone groups is 1. The van der Waals surface area contributed by atoms with Crippen molar-refractivity contribution in [3.63, 3.8) is 0 Å². The Balaban J connectivity index is 1.77. The molecule has 1 unspecified atom stereocenters. The maximum atomic E-state index is 14.4. The molecule has 43 heavy (non-hydrogen) atoms. The second kappa shape index (κ2) is 10.7. The van der Waals surface area contributed by atoms with Gasteiger partial charge in [0.15, 0.2) is 9.84 Å². The van der Waals surface area contributed by atoms with Crippen molar-refractivity contribution in [1.82, 2.24) is 29.5 Å². The van der Waals surface area contributed by atoms with E-state index < -0.39 is 21.8 Å². The van der Waals surface area contributed by atoms with E-state index >= 15 is 0 Å². The van der Waals surface area contributed by atoms with E-state index in [0.29, 0.717) is 27.6 Å². The van der Waals surface area contributed by atoms with E-state index in [1.54, 1.807) is 17.9 Å². The Hall–Kier alpha value is -3.93. The molecule has 1 fully saturated rings. The number of benzene rings is 1. The average Bonchev–Trinajstić information content (AvgIpc) is 3.46. The minimum atomic E-state index is -3.79. The van der Waals surface area contributed by atoms with Gasteiger partial charge in [-0.15, -0.1) is 5.10 Å². The lowest BCUT2D eigenvalue weighted by molar-refractivity contribution is -0.0493. The normalized spacial score (nSPS) is 16.7. The monoisotopic (exact) mass is 608 g/mol. The van der Waals surface area contributed by atoms with E-state index in [1.807, 2.05) is 61.7 Å². The first kappa shape index (κ1) is 29.2. The second-order valence-electron chi connectivity index (χ2n) is 11.7. The van der Waals surface area contributed by atoms with Crippen LogP contribution in [0.3, 0.4) is 0 Å². The molecule has 0 bridgehead atoms. The molecule has 226 valence electrons. The number of nitrogens with zero attached hydrogens (tertiary/aromatic N) is 6. The minimum absolute atomic E-state index is 0.0265. The number of halogens is 2. The summed E-state index contributed by atoms with van der Waals surface area (Å²) in [7, 11) is -1.99. The van der Waals surface area contributed by atoms with Crippen molar-refractivity contribution in [1.29, 1.82) is 0 Å². The highest BCUT2D eigenvalue weighted by molar-refractivity contribution is 7.91. The molecule has 1 atom stereocenters. The van der Waals surface area contributed by atoms with Crippen LogP contribution in [0.2, 0.25) is 0 Å². The number of ether oxygens (including phenoxy) is 1. The van der Waals surface area contributed by atoms with E-state index in [4.69, 9.17) is 9.72 Å². The maximum Gasteiger partial charge on any atom is 0.248 e. The molecule has 5 aromatic rings. The van der Waals surface area contributed by atoms with Gasteiger partial charge in [-0.05, 0) is 51.2 Å². The molecule has 6 rings (SSSR count). The molecule has 12 heteroatoms. The molecule has 0 aliphatic heterocycles. The number of fused-ring (bicyclic) bond motifs is 3. The van der Waals surface area contributed by atoms with E-state index in [0.717, 1.165) is 23.1 Å². The predicted octanol–water partition coefficient (Wildman–Crippen LogP) is 6.29. The summed E-state index contributed by atoms with van der Waals surface area (Å²) >= 11 is 0. The highest BCUT2D eigenvalue weighted by Crippen LogP contribution is 2.48. The molecule has 4 aromatic heterocycles. The molecule has 0 spiro atoms. The Morgan fingerprint density at radius 1 is 1.07 bits per heavy atom. The van der Waals surface area contributed by atoms with Crippen LogP contribution in [-0.2, 0) is 16.9 Å². The maximum absolute atomic E-state index is 14.4. The Morgan fingerprint density at radius 2 is 1.77 bits per heavy atom. The fraction of sp³-hybridized carbons (Fsp3) is 0.419. The van der Waals surface area contributed by atoms with E-state index in [1.165, 1.54) is 6.20 Å². The molecule has 1 aromatic carbocycles. The summed E-state index contributed by atoms with van der Waals surface area (Å²) in [4.78, 5) is 9.37. The molecule has 0 radical (unpaired) electrons. The third kappa shape index (κ3) is 5.26. The highest BCUT2D eigenvalue weighted by Gasteiger charge is 2.40. The van der Waals surface area contributed by atoms with Crippen LogP contribution < -0.4 is 4.74 Å². The van der Waals surface area contributed by atoms with E-state index in [9.17, 15) is 17.2 Å². The van der Waals surface area contributed by atoms with Crippen LogP contribution in [0.25, 0.3) is 33.2 Å². The van der Waals surface area contributed by atoms with E-state index in [-0.39, 0.29) is 48.5 Å². The van der Waals surface area contributed by atoms with Crippen molar-refractivity contribution >= 4 is 31.8 Å². The summed E-state index contributed by atoms with van der Waals surface area (Å²) in [5.74, 6) is -2.65. The number of rotatable bonds is 7. The number of aryl methyl sites for hydroxylation is 2. The zero-order valence-electron chi connectivity index (χ0n) is 24.8. The summed E-state index contributed by atoms with van der Waals surface area (Å²) < 4.78 is 65.3. The summed E-state index contributed by atoms with van der Waals surface area (Å²) in [6, 6.07) is 11.1. The fourth-order valence-electron chi connectivity index (χ4n) is 6.39. The summed E-state index contributed by atoms with van der Waals surface area (Å²) in [6.07, 6.45) is 4.04. The van der Waals surface area contributed by atoms with Crippen molar-refractivity contribution in [2.45, 2.75) is 69.4 Å². The largest absolute Gasteiger partial charge is 0.474 e. The smallest absolute Gasteiger partial charge is 0.248 e. The summed E-state index contributed by atoms with van der Waals surface area (Å²) in [5.41, 5.74) is 4.67. The van der Waals surface area contributed by atoms with E-state index in [2.05, 4.69) is 15.3 Å². The Bertz CT molecular complexity index is 1910. The first-order chi connectivity index (χ1) is 20.4. The van der Waals surface area contributed by atoms with Gasteiger partial charge < -0.3 is 9.30 Å². The van der Waals surface area contributed by atoms with Gasteiger partial charge in [0, 0.05) is 37.9 Å². The van der Waals surface area contributed by atoms with Gasteiger partial charge in [-0.3, -0.25) is 4.98 Å². The minimum Gasteiger partial charge on any atom is -0.474 e. The summed E-state index contributed by atoms with van der Waals surface area (Å²) in [5, 5.41) is 8.82. The standard InChI is InChI=1S/C31H34F2N6O3S/c1-18(2)42-30-25-26-23(15-22(16-34-26)27-19(3)36-37-38(27)4)39(29(25)24(17-35-30)43(5,40)41)28(20-9-7-6-8-10-20)21-11-13-31(32,33)14-12-21/h6-10,15-18,21,28H,11-14H2,1-5H3. The lowest BCUT2D eigenvalue weighted by atomic mass is 9.79. The Kier molecular flexibility index (Phi) is 7.22.